The summed E-state index contributed by atoms with van der Waals surface area (Å²) in [5.74, 6) is 0.364. The minimum atomic E-state index is -0.191. The largest absolute Gasteiger partial charge is 0.356 e. The molecule has 0 saturated heterocycles. The van der Waals surface area contributed by atoms with Crippen molar-refractivity contribution in [2.45, 2.75) is 33.1 Å². The first-order valence-electron chi connectivity index (χ1n) is 9.84. The fraction of sp³-hybridized carbons (Fsp3) is 0.429. The van der Waals surface area contributed by atoms with Gasteiger partial charge in [-0.2, -0.15) is 0 Å². The molecule has 3 rings (SSSR count). The van der Waals surface area contributed by atoms with Gasteiger partial charge < -0.3 is 10.6 Å². The molecular formula is C21H27N5O2S. The van der Waals surface area contributed by atoms with Gasteiger partial charge in [-0.25, -0.2) is 4.98 Å². The predicted octanol–water partition coefficient (Wildman–Crippen LogP) is 2.54. The third-order valence-electron chi connectivity index (χ3n) is 4.91. The quantitative estimate of drug-likeness (QED) is 0.301. The highest BCUT2D eigenvalue weighted by atomic mass is 32.1. The highest BCUT2D eigenvalue weighted by molar-refractivity contribution is 7.11. The Kier molecular flexibility index (Phi) is 6.98. The molecule has 1 aliphatic heterocycles. The van der Waals surface area contributed by atoms with Crippen LogP contribution in [0.5, 0.6) is 0 Å². The van der Waals surface area contributed by atoms with Crippen LogP contribution in [-0.4, -0.2) is 54.3 Å². The molecule has 154 valence electrons. The van der Waals surface area contributed by atoms with E-state index in [4.69, 9.17) is 0 Å². The Morgan fingerprint density at radius 2 is 1.72 bits per heavy atom. The van der Waals surface area contributed by atoms with Crippen LogP contribution in [0.3, 0.4) is 0 Å². The Morgan fingerprint density at radius 3 is 2.31 bits per heavy atom. The summed E-state index contributed by atoms with van der Waals surface area (Å²) in [6.07, 6.45) is 2.44. The van der Waals surface area contributed by atoms with E-state index in [9.17, 15) is 9.59 Å². The topological polar surface area (TPSA) is 86.7 Å². The van der Waals surface area contributed by atoms with Crippen molar-refractivity contribution < 1.29 is 9.59 Å². The molecule has 0 bridgehead atoms. The maximum atomic E-state index is 12.3. The number of fused-ring (bicyclic) bond motifs is 1. The zero-order valence-electron chi connectivity index (χ0n) is 17.1. The van der Waals surface area contributed by atoms with Gasteiger partial charge in [0, 0.05) is 38.0 Å². The van der Waals surface area contributed by atoms with Gasteiger partial charge in [-0.05, 0) is 38.8 Å². The van der Waals surface area contributed by atoms with Crippen LogP contribution in [0.1, 0.15) is 49.1 Å². The maximum Gasteiger partial charge on any atom is 0.261 e. The summed E-state index contributed by atoms with van der Waals surface area (Å²) in [6, 6.07) is 6.99. The lowest BCUT2D eigenvalue weighted by Gasteiger charge is -2.14. The van der Waals surface area contributed by atoms with Crippen molar-refractivity contribution in [2.75, 3.05) is 26.7 Å². The monoisotopic (exact) mass is 413 g/mol. The third-order valence-corrected chi connectivity index (χ3v) is 6.04. The van der Waals surface area contributed by atoms with Crippen molar-refractivity contribution in [1.29, 1.82) is 0 Å². The molecule has 1 aromatic carbocycles. The van der Waals surface area contributed by atoms with Gasteiger partial charge in [-0.1, -0.05) is 12.1 Å². The van der Waals surface area contributed by atoms with Crippen LogP contribution in [0.4, 0.5) is 0 Å². The molecule has 8 heteroatoms. The standard InChI is InChI=1S/C21H27N5O2S/c1-14-15(2)29-18(25-14)10-12-24-21(22-3)23-11-6-7-13-26-19(27)16-8-4-5-9-17(16)20(26)28/h4-5,8-9H,6-7,10-13H2,1-3H3,(H2,22,23,24). The van der Waals surface area contributed by atoms with Crippen molar-refractivity contribution in [1.82, 2.24) is 20.5 Å². The molecule has 0 spiro atoms. The normalized spacial score (nSPS) is 13.8. The van der Waals surface area contributed by atoms with Crippen LogP contribution >= 0.6 is 11.3 Å². The Balaban J connectivity index is 1.34. The molecule has 7 nitrogen and oxygen atoms in total. The summed E-state index contributed by atoms with van der Waals surface area (Å²) in [7, 11) is 1.74. The summed E-state index contributed by atoms with van der Waals surface area (Å²) in [6.45, 7) is 6.04. The molecule has 1 aromatic heterocycles. The number of aliphatic imine (C=N–C) groups is 1. The second-order valence-electron chi connectivity index (χ2n) is 6.94. The average Bonchev–Trinajstić information content (AvgIpc) is 3.17. The van der Waals surface area contributed by atoms with E-state index in [-0.39, 0.29) is 11.8 Å². The molecule has 0 radical (unpaired) electrons. The van der Waals surface area contributed by atoms with E-state index in [2.05, 4.69) is 27.5 Å². The number of nitrogens with zero attached hydrogens (tertiary/aromatic N) is 3. The van der Waals surface area contributed by atoms with Gasteiger partial charge in [-0.15, -0.1) is 11.3 Å². The number of aryl methyl sites for hydroxylation is 2. The zero-order chi connectivity index (χ0) is 20.8. The van der Waals surface area contributed by atoms with Crippen molar-refractivity contribution in [3.05, 3.63) is 51.0 Å². The first-order valence-corrected chi connectivity index (χ1v) is 10.7. The molecule has 0 unspecified atom stereocenters. The van der Waals surface area contributed by atoms with Crippen LogP contribution in [-0.2, 0) is 6.42 Å². The highest BCUT2D eigenvalue weighted by Gasteiger charge is 2.34. The first kappa shape index (κ1) is 21.0. The second-order valence-corrected chi connectivity index (χ2v) is 8.23. The molecule has 2 amide bonds. The van der Waals surface area contributed by atoms with Crippen LogP contribution < -0.4 is 10.6 Å². The minimum Gasteiger partial charge on any atom is -0.356 e. The smallest absolute Gasteiger partial charge is 0.261 e. The van der Waals surface area contributed by atoms with E-state index in [0.717, 1.165) is 49.0 Å². The summed E-state index contributed by atoms with van der Waals surface area (Å²) in [5, 5.41) is 7.69. The van der Waals surface area contributed by atoms with E-state index in [1.807, 2.05) is 6.92 Å². The van der Waals surface area contributed by atoms with Gasteiger partial charge in [-0.3, -0.25) is 19.5 Å². The molecular weight excluding hydrogens is 386 g/mol. The van der Waals surface area contributed by atoms with Crippen LogP contribution in [0.2, 0.25) is 0 Å². The van der Waals surface area contributed by atoms with Gasteiger partial charge in [0.2, 0.25) is 0 Å². The molecule has 0 fully saturated rings. The number of guanidine groups is 1. The van der Waals surface area contributed by atoms with Crippen molar-refractivity contribution in [3.8, 4) is 0 Å². The Hall–Kier alpha value is -2.74. The fourth-order valence-corrected chi connectivity index (χ4v) is 4.13. The number of hydrogen-bond donors (Lipinski definition) is 2. The minimum absolute atomic E-state index is 0.191. The lowest BCUT2D eigenvalue weighted by atomic mass is 10.1. The highest BCUT2D eigenvalue weighted by Crippen LogP contribution is 2.22. The van der Waals surface area contributed by atoms with Crippen molar-refractivity contribution in [3.63, 3.8) is 0 Å². The summed E-state index contributed by atoms with van der Waals surface area (Å²) in [4.78, 5) is 36.1. The molecule has 2 aromatic rings. The SMILES string of the molecule is CN=C(NCCCCN1C(=O)c2ccccc2C1=O)NCCc1nc(C)c(C)s1. The van der Waals surface area contributed by atoms with Crippen molar-refractivity contribution in [2.24, 2.45) is 4.99 Å². The lowest BCUT2D eigenvalue weighted by molar-refractivity contribution is 0.0652. The van der Waals surface area contributed by atoms with Gasteiger partial charge in [0.05, 0.1) is 21.8 Å². The molecule has 2 heterocycles. The van der Waals surface area contributed by atoms with E-state index in [1.165, 1.54) is 9.78 Å². The molecule has 2 N–H and O–H groups in total. The number of unbranched alkanes of at least 4 members (excludes halogenated alkanes) is 1. The first-order chi connectivity index (χ1) is 14.0. The number of nitrogens with one attached hydrogen (secondary N) is 2. The van der Waals surface area contributed by atoms with Gasteiger partial charge >= 0.3 is 0 Å². The number of thiazole rings is 1. The maximum absolute atomic E-state index is 12.3. The zero-order valence-corrected chi connectivity index (χ0v) is 17.9. The number of amides is 2. The van der Waals surface area contributed by atoms with E-state index < -0.39 is 0 Å². The van der Waals surface area contributed by atoms with Crippen LogP contribution in [0, 0.1) is 13.8 Å². The molecule has 0 atom stereocenters. The van der Waals surface area contributed by atoms with Crippen molar-refractivity contribution >= 4 is 29.1 Å². The summed E-state index contributed by atoms with van der Waals surface area (Å²) >= 11 is 1.73. The molecule has 0 saturated carbocycles. The predicted molar refractivity (Wildman–Crippen MR) is 116 cm³/mol. The van der Waals surface area contributed by atoms with Gasteiger partial charge in [0.25, 0.3) is 11.8 Å². The van der Waals surface area contributed by atoms with E-state index in [0.29, 0.717) is 17.7 Å². The molecule has 29 heavy (non-hydrogen) atoms. The number of carbonyl (C=O) groups excluding carboxylic acids is 2. The van der Waals surface area contributed by atoms with Crippen LogP contribution in [0.15, 0.2) is 29.3 Å². The lowest BCUT2D eigenvalue weighted by Crippen LogP contribution is -2.39. The Morgan fingerprint density at radius 1 is 1.07 bits per heavy atom. The Labute approximate surface area is 175 Å². The van der Waals surface area contributed by atoms with Gasteiger partial charge in [0.15, 0.2) is 5.96 Å². The Bertz CT molecular complexity index is 867. The van der Waals surface area contributed by atoms with Gasteiger partial charge in [0.1, 0.15) is 0 Å². The van der Waals surface area contributed by atoms with Crippen LogP contribution in [0.25, 0.3) is 0 Å². The number of hydrogen-bond acceptors (Lipinski definition) is 5. The number of rotatable bonds is 8. The summed E-state index contributed by atoms with van der Waals surface area (Å²) < 4.78 is 0. The molecule has 0 aliphatic carbocycles. The van der Waals surface area contributed by atoms with E-state index >= 15 is 0 Å². The second kappa shape index (κ2) is 9.65. The molecule has 1 aliphatic rings. The number of aromatic nitrogens is 1. The fourth-order valence-electron chi connectivity index (χ4n) is 3.20. The number of imide groups is 1. The number of carbonyl (C=O) groups is 2. The summed E-state index contributed by atoms with van der Waals surface area (Å²) in [5.41, 5.74) is 2.11. The average molecular weight is 414 g/mol. The van der Waals surface area contributed by atoms with E-state index in [1.54, 1.807) is 42.6 Å². The number of benzene rings is 1. The third kappa shape index (κ3) is 5.00.